The van der Waals surface area contributed by atoms with Crippen molar-refractivity contribution in [3.63, 3.8) is 0 Å². The lowest BCUT2D eigenvalue weighted by atomic mass is 10.1. The molecule has 0 radical (unpaired) electrons. The molecule has 0 amide bonds. The summed E-state index contributed by atoms with van der Waals surface area (Å²) in [6.07, 6.45) is 0. The van der Waals surface area contributed by atoms with Gasteiger partial charge < -0.3 is 16.2 Å². The SMILES string of the molecule is N#Cc1c(N)nc(N)nc1-c1ccc(OCc2c(F)cccc2F)cc1. The molecule has 0 saturated heterocycles. The highest BCUT2D eigenvalue weighted by Gasteiger charge is 2.13. The molecule has 1 aromatic heterocycles. The highest BCUT2D eigenvalue weighted by molar-refractivity contribution is 5.73. The van der Waals surface area contributed by atoms with Crippen molar-refractivity contribution in [3.05, 3.63) is 65.2 Å². The minimum atomic E-state index is -0.674. The summed E-state index contributed by atoms with van der Waals surface area (Å²) in [5.41, 5.74) is 12.1. The summed E-state index contributed by atoms with van der Waals surface area (Å²) in [7, 11) is 0. The van der Waals surface area contributed by atoms with Crippen LogP contribution in [0.25, 0.3) is 11.3 Å². The second kappa shape index (κ2) is 7.03. The number of halogens is 2. The Labute approximate surface area is 147 Å². The maximum atomic E-state index is 13.6. The van der Waals surface area contributed by atoms with Gasteiger partial charge >= 0.3 is 0 Å². The molecule has 0 aliphatic heterocycles. The Morgan fingerprint density at radius 2 is 1.65 bits per heavy atom. The van der Waals surface area contributed by atoms with E-state index in [-0.39, 0.29) is 29.5 Å². The maximum absolute atomic E-state index is 13.6. The minimum Gasteiger partial charge on any atom is -0.489 e. The Balaban J connectivity index is 1.83. The van der Waals surface area contributed by atoms with E-state index in [4.69, 9.17) is 16.2 Å². The molecule has 4 N–H and O–H groups in total. The van der Waals surface area contributed by atoms with E-state index in [2.05, 4.69) is 9.97 Å². The fourth-order valence-corrected chi connectivity index (χ4v) is 2.35. The molecule has 6 nitrogen and oxygen atoms in total. The number of hydrogen-bond donors (Lipinski definition) is 2. The fraction of sp³-hybridized carbons (Fsp3) is 0.0556. The first-order chi connectivity index (χ1) is 12.5. The van der Waals surface area contributed by atoms with Crippen molar-refractivity contribution in [2.24, 2.45) is 0 Å². The second-order valence-electron chi connectivity index (χ2n) is 5.32. The van der Waals surface area contributed by atoms with E-state index in [1.807, 2.05) is 6.07 Å². The van der Waals surface area contributed by atoms with Crippen LogP contribution in [0, 0.1) is 23.0 Å². The number of hydrogen-bond acceptors (Lipinski definition) is 6. The third kappa shape index (κ3) is 3.37. The zero-order chi connectivity index (χ0) is 18.7. The normalized spacial score (nSPS) is 10.3. The van der Waals surface area contributed by atoms with E-state index in [0.29, 0.717) is 17.0 Å². The van der Waals surface area contributed by atoms with Gasteiger partial charge in [-0.25, -0.2) is 13.8 Å². The minimum absolute atomic E-state index is 0.00893. The van der Waals surface area contributed by atoms with Gasteiger partial charge in [-0.1, -0.05) is 6.07 Å². The molecule has 1 heterocycles. The fourth-order valence-electron chi connectivity index (χ4n) is 2.35. The Bertz CT molecular complexity index is 979. The first-order valence-corrected chi connectivity index (χ1v) is 7.49. The van der Waals surface area contributed by atoms with E-state index in [9.17, 15) is 14.0 Å². The lowest BCUT2D eigenvalue weighted by molar-refractivity contribution is 0.292. The molecule has 0 saturated carbocycles. The molecule has 0 unspecified atom stereocenters. The number of rotatable bonds is 4. The predicted octanol–water partition coefficient (Wildman–Crippen LogP) is 3.04. The van der Waals surface area contributed by atoms with Crippen LogP contribution in [0.3, 0.4) is 0 Å². The standard InChI is InChI=1S/C18H13F2N5O/c19-14-2-1-3-15(20)13(14)9-26-11-6-4-10(5-7-11)16-12(8-21)17(22)25-18(23)24-16/h1-7H,9H2,(H4,22,23,24,25). The number of ether oxygens (including phenoxy) is 1. The van der Waals surface area contributed by atoms with Gasteiger partial charge in [0.1, 0.15) is 41.4 Å². The van der Waals surface area contributed by atoms with E-state index in [1.54, 1.807) is 24.3 Å². The second-order valence-corrected chi connectivity index (χ2v) is 5.32. The third-order valence-electron chi connectivity index (χ3n) is 3.64. The van der Waals surface area contributed by atoms with Crippen LogP contribution in [0.4, 0.5) is 20.5 Å². The van der Waals surface area contributed by atoms with Gasteiger partial charge in [0.05, 0.1) is 11.3 Å². The number of nitrogens with two attached hydrogens (primary N) is 2. The van der Waals surface area contributed by atoms with Crippen LogP contribution in [0.5, 0.6) is 5.75 Å². The number of nitrogen functional groups attached to an aromatic ring is 2. The summed E-state index contributed by atoms with van der Waals surface area (Å²) in [4.78, 5) is 7.80. The third-order valence-corrected chi connectivity index (χ3v) is 3.64. The Kier molecular flexibility index (Phi) is 4.62. The Hall–Kier alpha value is -3.73. The van der Waals surface area contributed by atoms with Crippen LogP contribution in [-0.4, -0.2) is 9.97 Å². The lowest BCUT2D eigenvalue weighted by Gasteiger charge is -2.10. The summed E-state index contributed by atoms with van der Waals surface area (Å²) in [6.45, 7) is -0.255. The first-order valence-electron chi connectivity index (χ1n) is 7.49. The van der Waals surface area contributed by atoms with Crippen LogP contribution in [0.2, 0.25) is 0 Å². The molecule has 0 bridgehead atoms. The predicted molar refractivity (Wildman–Crippen MR) is 91.7 cm³/mol. The molecule has 26 heavy (non-hydrogen) atoms. The van der Waals surface area contributed by atoms with Gasteiger partial charge in [0.2, 0.25) is 5.95 Å². The topological polar surface area (TPSA) is 111 Å². The number of nitriles is 1. The molecule has 0 aliphatic rings. The molecule has 130 valence electrons. The molecule has 2 aromatic carbocycles. The Morgan fingerprint density at radius 1 is 1.00 bits per heavy atom. The number of anilines is 2. The van der Waals surface area contributed by atoms with Gasteiger partial charge in [0.15, 0.2) is 0 Å². The van der Waals surface area contributed by atoms with Gasteiger partial charge in [0, 0.05) is 5.56 Å². The van der Waals surface area contributed by atoms with E-state index >= 15 is 0 Å². The molecular weight excluding hydrogens is 340 g/mol. The van der Waals surface area contributed by atoms with Gasteiger partial charge in [-0.2, -0.15) is 10.2 Å². The number of aromatic nitrogens is 2. The van der Waals surface area contributed by atoms with Crippen molar-refractivity contribution in [3.8, 4) is 23.1 Å². The van der Waals surface area contributed by atoms with Crippen molar-refractivity contribution >= 4 is 11.8 Å². The molecule has 8 heteroatoms. The highest BCUT2D eigenvalue weighted by atomic mass is 19.1. The summed E-state index contributed by atoms with van der Waals surface area (Å²) in [5.74, 6) is -1.01. The number of benzene rings is 2. The van der Waals surface area contributed by atoms with E-state index < -0.39 is 11.6 Å². The van der Waals surface area contributed by atoms with Crippen LogP contribution < -0.4 is 16.2 Å². The van der Waals surface area contributed by atoms with Gasteiger partial charge in [-0.05, 0) is 36.4 Å². The molecular formula is C18H13F2N5O. The lowest BCUT2D eigenvalue weighted by Crippen LogP contribution is -2.05. The first kappa shape index (κ1) is 17.1. The van der Waals surface area contributed by atoms with Crippen molar-refractivity contribution < 1.29 is 13.5 Å². The van der Waals surface area contributed by atoms with Crippen molar-refractivity contribution in [1.82, 2.24) is 9.97 Å². The van der Waals surface area contributed by atoms with Crippen LogP contribution in [-0.2, 0) is 6.61 Å². The summed E-state index contributed by atoms with van der Waals surface area (Å²) in [6, 6.07) is 12.0. The van der Waals surface area contributed by atoms with Crippen LogP contribution in [0.15, 0.2) is 42.5 Å². The molecule has 0 aliphatic carbocycles. The van der Waals surface area contributed by atoms with Crippen molar-refractivity contribution in [1.29, 1.82) is 5.26 Å². The largest absolute Gasteiger partial charge is 0.489 e. The van der Waals surface area contributed by atoms with Gasteiger partial charge in [-0.3, -0.25) is 0 Å². The Morgan fingerprint density at radius 3 is 2.27 bits per heavy atom. The summed E-state index contributed by atoms with van der Waals surface area (Å²) in [5, 5.41) is 9.22. The van der Waals surface area contributed by atoms with Crippen molar-refractivity contribution in [2.75, 3.05) is 11.5 Å². The van der Waals surface area contributed by atoms with Crippen LogP contribution >= 0.6 is 0 Å². The average molecular weight is 353 g/mol. The number of nitrogens with zero attached hydrogens (tertiary/aromatic N) is 3. The highest BCUT2D eigenvalue weighted by Crippen LogP contribution is 2.27. The van der Waals surface area contributed by atoms with Gasteiger partial charge in [0.25, 0.3) is 0 Å². The average Bonchev–Trinajstić information content (AvgIpc) is 2.61. The van der Waals surface area contributed by atoms with E-state index in [1.165, 1.54) is 6.07 Å². The maximum Gasteiger partial charge on any atom is 0.222 e. The molecule has 0 atom stereocenters. The summed E-state index contributed by atoms with van der Waals surface area (Å²) >= 11 is 0. The zero-order valence-corrected chi connectivity index (χ0v) is 13.4. The van der Waals surface area contributed by atoms with E-state index in [0.717, 1.165) is 12.1 Å². The zero-order valence-electron chi connectivity index (χ0n) is 13.4. The monoisotopic (exact) mass is 353 g/mol. The van der Waals surface area contributed by atoms with Crippen molar-refractivity contribution in [2.45, 2.75) is 6.61 Å². The quantitative estimate of drug-likeness (QED) is 0.746. The molecule has 0 spiro atoms. The smallest absolute Gasteiger partial charge is 0.222 e. The van der Waals surface area contributed by atoms with Gasteiger partial charge in [-0.15, -0.1) is 0 Å². The molecule has 3 aromatic rings. The molecule has 3 rings (SSSR count). The molecule has 0 fully saturated rings. The van der Waals surface area contributed by atoms with Crippen LogP contribution in [0.1, 0.15) is 11.1 Å². The summed E-state index contributed by atoms with van der Waals surface area (Å²) < 4.78 is 32.6.